The molecule has 1 saturated carbocycles. The lowest BCUT2D eigenvalue weighted by molar-refractivity contribution is -0.138. The SMILES string of the molecule is Cc1ccc(C(F)(F)F)cc1N1CCN(C(=O)[C@]2(C#N)CC2c2ccc(C(F)(F)F)cc2)CC1. The first-order valence-corrected chi connectivity index (χ1v) is 10.7. The molecule has 1 aliphatic carbocycles. The third-order valence-electron chi connectivity index (χ3n) is 6.63. The first kappa shape index (κ1) is 23.9. The molecule has 0 spiro atoms. The predicted molar refractivity (Wildman–Crippen MR) is 112 cm³/mol. The molecular weight excluding hydrogens is 460 g/mol. The number of anilines is 1. The van der Waals surface area contributed by atoms with Crippen molar-refractivity contribution in [2.75, 3.05) is 31.1 Å². The van der Waals surface area contributed by atoms with Crippen molar-refractivity contribution in [2.24, 2.45) is 5.41 Å². The summed E-state index contributed by atoms with van der Waals surface area (Å²) in [7, 11) is 0. The standard InChI is InChI=1S/C24H21F6N3O/c1-15-2-5-18(24(28,29)30)12-20(15)32-8-10-33(11-9-32)21(34)22(14-31)13-19(22)16-3-6-17(7-4-16)23(25,26)27/h2-7,12,19H,8-11,13H2,1H3/t19?,22-/m0/s1. The molecule has 1 unspecified atom stereocenters. The average Bonchev–Trinajstić information content (AvgIpc) is 3.54. The van der Waals surface area contributed by atoms with Crippen LogP contribution >= 0.6 is 0 Å². The van der Waals surface area contributed by atoms with Gasteiger partial charge in [-0.3, -0.25) is 4.79 Å². The van der Waals surface area contributed by atoms with Crippen molar-refractivity contribution in [2.45, 2.75) is 31.6 Å². The zero-order chi connectivity index (χ0) is 24.9. The minimum absolute atomic E-state index is 0.223. The van der Waals surface area contributed by atoms with E-state index in [1.54, 1.807) is 11.8 Å². The van der Waals surface area contributed by atoms with Gasteiger partial charge >= 0.3 is 12.4 Å². The summed E-state index contributed by atoms with van der Waals surface area (Å²) >= 11 is 0. The molecule has 0 N–H and O–H groups in total. The normalized spacial score (nSPS) is 22.9. The fourth-order valence-electron chi connectivity index (χ4n) is 4.54. The van der Waals surface area contributed by atoms with Crippen LogP contribution in [0.3, 0.4) is 0 Å². The van der Waals surface area contributed by atoms with E-state index in [4.69, 9.17) is 0 Å². The molecule has 34 heavy (non-hydrogen) atoms. The number of hydrogen-bond donors (Lipinski definition) is 0. The van der Waals surface area contributed by atoms with Gasteiger partial charge in [0, 0.05) is 37.8 Å². The topological polar surface area (TPSA) is 47.3 Å². The highest BCUT2D eigenvalue weighted by Crippen LogP contribution is 2.60. The molecule has 4 nitrogen and oxygen atoms in total. The maximum Gasteiger partial charge on any atom is 0.416 e. The number of rotatable bonds is 3. The Morgan fingerprint density at radius 1 is 0.941 bits per heavy atom. The highest BCUT2D eigenvalue weighted by molar-refractivity contribution is 5.90. The Hall–Kier alpha value is -3.22. The zero-order valence-electron chi connectivity index (χ0n) is 18.2. The van der Waals surface area contributed by atoms with Crippen LogP contribution in [-0.2, 0) is 17.1 Å². The Bertz CT molecular complexity index is 1130. The molecule has 2 fully saturated rings. The summed E-state index contributed by atoms with van der Waals surface area (Å²) in [6.07, 6.45) is -8.71. The van der Waals surface area contributed by atoms with Gasteiger partial charge in [0.1, 0.15) is 5.41 Å². The number of alkyl halides is 6. The molecule has 1 saturated heterocycles. The monoisotopic (exact) mass is 481 g/mol. The lowest BCUT2D eigenvalue weighted by atomic mass is 9.97. The van der Waals surface area contributed by atoms with Crippen LogP contribution in [0.1, 0.15) is 34.6 Å². The molecule has 2 aliphatic rings. The van der Waals surface area contributed by atoms with Crippen LogP contribution in [-0.4, -0.2) is 37.0 Å². The van der Waals surface area contributed by atoms with Crippen LogP contribution in [0.15, 0.2) is 42.5 Å². The summed E-state index contributed by atoms with van der Waals surface area (Å²) in [5.41, 5.74) is -1.23. The van der Waals surface area contributed by atoms with E-state index >= 15 is 0 Å². The highest BCUT2D eigenvalue weighted by atomic mass is 19.4. The Labute approximate surface area is 192 Å². The largest absolute Gasteiger partial charge is 0.416 e. The van der Waals surface area contributed by atoms with Gasteiger partial charge in [0.2, 0.25) is 5.91 Å². The molecule has 1 aliphatic heterocycles. The van der Waals surface area contributed by atoms with Crippen molar-refractivity contribution in [3.05, 3.63) is 64.7 Å². The van der Waals surface area contributed by atoms with E-state index in [2.05, 4.69) is 6.07 Å². The molecule has 10 heteroatoms. The molecule has 1 amide bonds. The quantitative estimate of drug-likeness (QED) is 0.554. The van der Waals surface area contributed by atoms with Gasteiger partial charge in [0.05, 0.1) is 17.2 Å². The van der Waals surface area contributed by atoms with Crippen LogP contribution in [0.2, 0.25) is 0 Å². The number of amides is 1. The van der Waals surface area contributed by atoms with Gasteiger partial charge in [-0.25, -0.2) is 0 Å². The summed E-state index contributed by atoms with van der Waals surface area (Å²) in [5, 5.41) is 9.75. The molecule has 4 rings (SSSR count). The van der Waals surface area contributed by atoms with Crippen LogP contribution in [0.25, 0.3) is 0 Å². The van der Waals surface area contributed by atoms with Crippen LogP contribution in [0.4, 0.5) is 32.0 Å². The van der Waals surface area contributed by atoms with E-state index in [0.717, 1.165) is 24.3 Å². The van der Waals surface area contributed by atoms with Gasteiger partial charge in [-0.2, -0.15) is 31.6 Å². The second-order valence-corrected chi connectivity index (χ2v) is 8.74. The second-order valence-electron chi connectivity index (χ2n) is 8.74. The Kier molecular flexibility index (Phi) is 5.78. The molecule has 2 aromatic carbocycles. The first-order chi connectivity index (χ1) is 15.9. The highest BCUT2D eigenvalue weighted by Gasteiger charge is 2.63. The lowest BCUT2D eigenvalue weighted by Crippen LogP contribution is -2.51. The van der Waals surface area contributed by atoms with Gasteiger partial charge in [0.15, 0.2) is 0 Å². The molecule has 0 aromatic heterocycles. The summed E-state index contributed by atoms with van der Waals surface area (Å²) in [6, 6.07) is 10.1. The predicted octanol–water partition coefficient (Wildman–Crippen LogP) is 5.38. The Balaban J connectivity index is 1.44. The van der Waals surface area contributed by atoms with Gasteiger partial charge in [-0.05, 0) is 48.7 Å². The first-order valence-electron chi connectivity index (χ1n) is 10.7. The van der Waals surface area contributed by atoms with E-state index in [1.807, 2.05) is 0 Å². The molecule has 2 aromatic rings. The number of benzene rings is 2. The van der Waals surface area contributed by atoms with Gasteiger partial charge in [0.25, 0.3) is 0 Å². The zero-order valence-corrected chi connectivity index (χ0v) is 18.2. The molecule has 2 atom stereocenters. The van der Waals surface area contributed by atoms with E-state index in [1.165, 1.54) is 23.1 Å². The number of carbonyl (C=O) groups is 1. The fourth-order valence-corrected chi connectivity index (χ4v) is 4.54. The van der Waals surface area contributed by atoms with E-state index in [9.17, 15) is 36.4 Å². The van der Waals surface area contributed by atoms with Crippen molar-refractivity contribution in [1.29, 1.82) is 5.26 Å². The van der Waals surface area contributed by atoms with Gasteiger partial charge in [-0.1, -0.05) is 18.2 Å². The minimum atomic E-state index is -4.47. The molecule has 0 radical (unpaired) electrons. The van der Waals surface area contributed by atoms with Crippen molar-refractivity contribution < 1.29 is 31.1 Å². The number of piperazine rings is 1. The molecule has 180 valence electrons. The smallest absolute Gasteiger partial charge is 0.368 e. The summed E-state index contributed by atoms with van der Waals surface area (Å²) < 4.78 is 77.8. The summed E-state index contributed by atoms with van der Waals surface area (Å²) in [6.45, 7) is 2.80. The number of carbonyl (C=O) groups excluding carboxylic acids is 1. The van der Waals surface area contributed by atoms with Gasteiger partial charge < -0.3 is 9.80 Å². The number of aryl methyl sites for hydroxylation is 1. The number of halogens is 6. The third kappa shape index (κ3) is 4.31. The third-order valence-corrected chi connectivity index (χ3v) is 6.63. The van der Waals surface area contributed by atoms with E-state index in [0.29, 0.717) is 29.9 Å². The molecule has 0 bridgehead atoms. The molecular formula is C24H21F6N3O. The number of nitriles is 1. The lowest BCUT2D eigenvalue weighted by Gasteiger charge is -2.38. The Morgan fingerprint density at radius 3 is 2.03 bits per heavy atom. The van der Waals surface area contributed by atoms with Crippen LogP contribution in [0, 0.1) is 23.7 Å². The van der Waals surface area contributed by atoms with Gasteiger partial charge in [-0.15, -0.1) is 0 Å². The second kappa shape index (κ2) is 8.22. The van der Waals surface area contributed by atoms with E-state index in [-0.39, 0.29) is 25.4 Å². The molecule has 1 heterocycles. The van der Waals surface area contributed by atoms with Crippen molar-refractivity contribution >= 4 is 11.6 Å². The van der Waals surface area contributed by atoms with Crippen LogP contribution in [0.5, 0.6) is 0 Å². The maximum absolute atomic E-state index is 13.2. The van der Waals surface area contributed by atoms with Crippen molar-refractivity contribution in [1.82, 2.24) is 4.90 Å². The summed E-state index contributed by atoms with van der Waals surface area (Å²) in [4.78, 5) is 16.5. The fraction of sp³-hybridized carbons (Fsp3) is 0.417. The van der Waals surface area contributed by atoms with Crippen LogP contribution < -0.4 is 4.90 Å². The average molecular weight is 481 g/mol. The number of nitrogens with zero attached hydrogens (tertiary/aromatic N) is 3. The maximum atomic E-state index is 13.2. The minimum Gasteiger partial charge on any atom is -0.368 e. The van der Waals surface area contributed by atoms with Crippen molar-refractivity contribution in [3.63, 3.8) is 0 Å². The Morgan fingerprint density at radius 2 is 1.50 bits per heavy atom. The van der Waals surface area contributed by atoms with Crippen molar-refractivity contribution in [3.8, 4) is 6.07 Å². The van der Waals surface area contributed by atoms with E-state index < -0.39 is 34.8 Å². The number of hydrogen-bond acceptors (Lipinski definition) is 3. The summed E-state index contributed by atoms with van der Waals surface area (Å²) in [5.74, 6) is -0.878.